The molecule has 0 aliphatic heterocycles. The highest BCUT2D eigenvalue weighted by Gasteiger charge is 2.29. The Labute approximate surface area is 137 Å². The zero-order valence-corrected chi connectivity index (χ0v) is 14.7. The second kappa shape index (κ2) is 9.31. The Balaban J connectivity index is 1.61. The van der Waals surface area contributed by atoms with Gasteiger partial charge in [0.15, 0.2) is 0 Å². The molecule has 1 aliphatic carbocycles. The third kappa shape index (κ3) is 6.09. The van der Waals surface area contributed by atoms with Crippen LogP contribution in [-0.2, 0) is 10.8 Å². The number of nitrogens with one attached hydrogen (secondary N) is 1. The van der Waals surface area contributed by atoms with Gasteiger partial charge in [-0.05, 0) is 62.4 Å². The van der Waals surface area contributed by atoms with Crippen LogP contribution in [0.15, 0.2) is 29.2 Å². The molecular formula is C18H29NO2S. The lowest BCUT2D eigenvalue weighted by molar-refractivity contribution is 0.300. The van der Waals surface area contributed by atoms with E-state index >= 15 is 0 Å². The first-order chi connectivity index (χ1) is 10.7. The maximum Gasteiger partial charge on any atom is 0.119 e. The molecule has 124 valence electrons. The number of rotatable bonds is 11. The van der Waals surface area contributed by atoms with Gasteiger partial charge in [-0.25, -0.2) is 0 Å². The van der Waals surface area contributed by atoms with Gasteiger partial charge >= 0.3 is 0 Å². The summed E-state index contributed by atoms with van der Waals surface area (Å²) in [6.45, 7) is 4.02. The average molecular weight is 324 g/mol. The molecule has 0 bridgehead atoms. The van der Waals surface area contributed by atoms with Gasteiger partial charge < -0.3 is 10.1 Å². The van der Waals surface area contributed by atoms with E-state index in [0.717, 1.165) is 42.2 Å². The van der Waals surface area contributed by atoms with Crippen LogP contribution < -0.4 is 10.1 Å². The maximum atomic E-state index is 11.3. The molecule has 1 aliphatic rings. The molecule has 2 atom stereocenters. The van der Waals surface area contributed by atoms with Gasteiger partial charge in [-0.15, -0.1) is 0 Å². The number of hydrogen-bond donors (Lipinski definition) is 1. The summed E-state index contributed by atoms with van der Waals surface area (Å²) in [5.41, 5.74) is 0. The smallest absolute Gasteiger partial charge is 0.119 e. The van der Waals surface area contributed by atoms with Gasteiger partial charge in [0.1, 0.15) is 5.75 Å². The van der Waals surface area contributed by atoms with Crippen molar-refractivity contribution in [3.63, 3.8) is 0 Å². The van der Waals surface area contributed by atoms with Crippen molar-refractivity contribution >= 4 is 10.8 Å². The van der Waals surface area contributed by atoms with Crippen molar-refractivity contribution in [1.82, 2.24) is 5.32 Å². The lowest BCUT2D eigenvalue weighted by atomic mass is 10.1. The van der Waals surface area contributed by atoms with Crippen molar-refractivity contribution in [2.24, 2.45) is 5.92 Å². The van der Waals surface area contributed by atoms with E-state index in [1.54, 1.807) is 6.26 Å². The molecule has 1 saturated carbocycles. The zero-order valence-electron chi connectivity index (χ0n) is 13.8. The van der Waals surface area contributed by atoms with Crippen LogP contribution in [0.3, 0.4) is 0 Å². The third-order valence-corrected chi connectivity index (χ3v) is 5.15. The fourth-order valence-electron chi connectivity index (χ4n) is 2.70. The Morgan fingerprint density at radius 1 is 1.27 bits per heavy atom. The van der Waals surface area contributed by atoms with Crippen molar-refractivity contribution in [3.8, 4) is 5.75 Å². The first-order valence-corrected chi connectivity index (χ1v) is 10.1. The highest BCUT2D eigenvalue weighted by molar-refractivity contribution is 7.84. The van der Waals surface area contributed by atoms with Crippen LogP contribution in [0.1, 0.15) is 45.4 Å². The Morgan fingerprint density at radius 2 is 2.00 bits per heavy atom. The Morgan fingerprint density at radius 3 is 2.59 bits per heavy atom. The molecule has 0 radical (unpaired) electrons. The van der Waals surface area contributed by atoms with Crippen LogP contribution in [0.4, 0.5) is 0 Å². The fraction of sp³-hybridized carbons (Fsp3) is 0.667. The van der Waals surface area contributed by atoms with Gasteiger partial charge in [0.2, 0.25) is 0 Å². The van der Waals surface area contributed by atoms with Crippen molar-refractivity contribution in [2.45, 2.75) is 56.4 Å². The highest BCUT2D eigenvalue weighted by Crippen LogP contribution is 2.34. The Kier molecular flexibility index (Phi) is 7.40. The third-order valence-electron chi connectivity index (χ3n) is 4.21. The van der Waals surface area contributed by atoms with E-state index in [1.807, 2.05) is 24.3 Å². The summed E-state index contributed by atoms with van der Waals surface area (Å²) in [7, 11) is -0.919. The normalized spacial score (nSPS) is 17.2. The molecule has 2 rings (SSSR count). The van der Waals surface area contributed by atoms with E-state index in [9.17, 15) is 4.21 Å². The molecule has 1 fully saturated rings. The number of benzene rings is 1. The summed E-state index contributed by atoms with van der Waals surface area (Å²) in [5.74, 6) is 1.79. The largest absolute Gasteiger partial charge is 0.494 e. The second-order valence-corrected chi connectivity index (χ2v) is 7.55. The lowest BCUT2D eigenvalue weighted by Crippen LogP contribution is -2.32. The summed E-state index contributed by atoms with van der Waals surface area (Å²) in [4.78, 5) is 0.845. The first kappa shape index (κ1) is 17.5. The molecule has 2 unspecified atom stereocenters. The fourth-order valence-corrected chi connectivity index (χ4v) is 3.22. The Hall–Kier alpha value is -0.870. The minimum Gasteiger partial charge on any atom is -0.494 e. The summed E-state index contributed by atoms with van der Waals surface area (Å²) in [5, 5.41) is 3.71. The maximum absolute atomic E-state index is 11.3. The zero-order chi connectivity index (χ0) is 15.8. The minimum absolute atomic E-state index is 0.721. The summed E-state index contributed by atoms with van der Waals surface area (Å²) in [6, 6.07) is 8.27. The SMILES string of the molecule is CCCCC(NCCCOc1ccc(S(C)=O)cc1)C1CC1. The molecule has 4 heteroatoms. The number of ether oxygens (including phenoxy) is 1. The van der Waals surface area contributed by atoms with Gasteiger partial charge in [0.05, 0.1) is 6.61 Å². The van der Waals surface area contributed by atoms with Gasteiger partial charge in [-0.2, -0.15) is 0 Å². The van der Waals surface area contributed by atoms with Crippen LogP contribution in [0.5, 0.6) is 5.75 Å². The predicted molar refractivity (Wildman–Crippen MR) is 92.9 cm³/mol. The second-order valence-electron chi connectivity index (χ2n) is 6.17. The molecule has 0 aromatic heterocycles. The molecular weight excluding hydrogens is 294 g/mol. The van der Waals surface area contributed by atoms with Crippen LogP contribution >= 0.6 is 0 Å². The van der Waals surface area contributed by atoms with Gasteiger partial charge in [0.25, 0.3) is 0 Å². The van der Waals surface area contributed by atoms with Crippen molar-refractivity contribution < 1.29 is 8.95 Å². The predicted octanol–water partition coefficient (Wildman–Crippen LogP) is 3.75. The quantitative estimate of drug-likeness (QED) is 0.630. The van der Waals surface area contributed by atoms with E-state index in [4.69, 9.17) is 4.74 Å². The molecule has 0 saturated heterocycles. The Bertz CT molecular complexity index is 457. The molecule has 0 spiro atoms. The van der Waals surface area contributed by atoms with Crippen LogP contribution in [0, 0.1) is 5.92 Å². The van der Waals surface area contributed by atoms with E-state index in [1.165, 1.54) is 32.1 Å². The monoisotopic (exact) mass is 323 g/mol. The molecule has 0 heterocycles. The molecule has 1 aromatic rings. The van der Waals surface area contributed by atoms with Crippen LogP contribution in [-0.4, -0.2) is 29.7 Å². The van der Waals surface area contributed by atoms with Crippen LogP contribution in [0.25, 0.3) is 0 Å². The van der Waals surface area contributed by atoms with E-state index < -0.39 is 10.8 Å². The van der Waals surface area contributed by atoms with E-state index in [-0.39, 0.29) is 0 Å². The summed E-state index contributed by atoms with van der Waals surface area (Å²) >= 11 is 0. The summed E-state index contributed by atoms with van der Waals surface area (Å²) in [6.07, 6.45) is 9.46. The van der Waals surface area contributed by atoms with Crippen LogP contribution in [0.2, 0.25) is 0 Å². The van der Waals surface area contributed by atoms with Crippen molar-refractivity contribution in [2.75, 3.05) is 19.4 Å². The van der Waals surface area contributed by atoms with Crippen molar-refractivity contribution in [3.05, 3.63) is 24.3 Å². The lowest BCUT2D eigenvalue weighted by Gasteiger charge is -2.18. The molecule has 1 N–H and O–H groups in total. The molecule has 22 heavy (non-hydrogen) atoms. The van der Waals surface area contributed by atoms with Crippen molar-refractivity contribution in [1.29, 1.82) is 0 Å². The molecule has 0 amide bonds. The topological polar surface area (TPSA) is 38.3 Å². The molecule has 3 nitrogen and oxygen atoms in total. The van der Waals surface area contributed by atoms with Gasteiger partial charge in [-0.3, -0.25) is 4.21 Å². The van der Waals surface area contributed by atoms with Gasteiger partial charge in [-0.1, -0.05) is 19.8 Å². The average Bonchev–Trinajstić information content (AvgIpc) is 3.35. The number of unbranched alkanes of at least 4 members (excludes halogenated alkanes) is 1. The minimum atomic E-state index is -0.919. The summed E-state index contributed by atoms with van der Waals surface area (Å²) < 4.78 is 17.1. The standard InChI is InChI=1S/C18H29NO2S/c1-3-4-6-18(15-7-8-15)19-13-5-14-21-16-9-11-17(12-10-16)22(2)20/h9-12,15,18-19H,3-8,13-14H2,1-2H3. The van der Waals surface area contributed by atoms with Gasteiger partial charge in [0, 0.05) is 28.0 Å². The molecule has 1 aromatic carbocycles. The number of hydrogen-bond acceptors (Lipinski definition) is 3. The van der Waals surface area contributed by atoms with E-state index in [2.05, 4.69) is 12.2 Å². The van der Waals surface area contributed by atoms with E-state index in [0.29, 0.717) is 0 Å². The highest BCUT2D eigenvalue weighted by atomic mass is 32.2. The first-order valence-electron chi connectivity index (χ1n) is 8.50.